The van der Waals surface area contributed by atoms with Gasteiger partial charge in [-0.25, -0.2) is 0 Å². The van der Waals surface area contributed by atoms with Crippen molar-refractivity contribution < 1.29 is 19.4 Å². The van der Waals surface area contributed by atoms with Crippen LogP contribution in [-0.4, -0.2) is 28.4 Å². The summed E-state index contributed by atoms with van der Waals surface area (Å²) >= 11 is 6.01. The average molecular weight is 463 g/mol. The van der Waals surface area contributed by atoms with E-state index in [4.69, 9.17) is 16.3 Å². The number of Topliss-reactive ketones (excluding diaryl/α,β-unsaturated/α-hetero) is 1. The van der Waals surface area contributed by atoms with Crippen LogP contribution in [0.15, 0.2) is 78.5 Å². The zero-order chi connectivity index (χ0) is 23.5. The minimum atomic E-state index is -0.885. The highest BCUT2D eigenvalue weighted by atomic mass is 35.5. The van der Waals surface area contributed by atoms with E-state index < -0.39 is 17.7 Å². The van der Waals surface area contributed by atoms with Gasteiger partial charge in [-0.15, -0.1) is 0 Å². The van der Waals surface area contributed by atoms with Crippen molar-refractivity contribution in [1.29, 1.82) is 0 Å². The summed E-state index contributed by atoms with van der Waals surface area (Å²) in [5, 5.41) is 11.7. The molecule has 0 bridgehead atoms. The van der Waals surface area contributed by atoms with Gasteiger partial charge in [0.2, 0.25) is 0 Å². The Morgan fingerprint density at radius 3 is 2.36 bits per heavy atom. The molecule has 0 spiro atoms. The van der Waals surface area contributed by atoms with Crippen LogP contribution in [0.4, 0.5) is 5.69 Å². The number of nitrogens with zero attached hydrogens (tertiary/aromatic N) is 2. The lowest BCUT2D eigenvalue weighted by atomic mass is 9.98. The molecule has 1 atom stereocenters. The molecular formula is C26H23ClN2O4. The Kier molecular flexibility index (Phi) is 6.47. The van der Waals surface area contributed by atoms with Crippen molar-refractivity contribution in [3.8, 4) is 5.75 Å². The van der Waals surface area contributed by atoms with Crippen molar-refractivity contribution in [2.75, 3.05) is 11.5 Å². The molecule has 1 aliphatic rings. The Morgan fingerprint density at radius 1 is 1.06 bits per heavy atom. The number of benzene rings is 2. The number of carbonyl (C=O) groups is 2. The first kappa shape index (κ1) is 22.6. The fourth-order valence-corrected chi connectivity index (χ4v) is 3.77. The molecule has 1 aliphatic heterocycles. The van der Waals surface area contributed by atoms with E-state index in [2.05, 4.69) is 18.8 Å². The van der Waals surface area contributed by atoms with Crippen LogP contribution >= 0.6 is 11.6 Å². The van der Waals surface area contributed by atoms with E-state index in [9.17, 15) is 14.7 Å². The maximum Gasteiger partial charge on any atom is 0.300 e. The fraction of sp³-hybridized carbons (Fsp3) is 0.192. The van der Waals surface area contributed by atoms with Gasteiger partial charge >= 0.3 is 0 Å². The number of aromatic nitrogens is 1. The van der Waals surface area contributed by atoms with Crippen LogP contribution in [0.3, 0.4) is 0 Å². The number of pyridine rings is 1. The van der Waals surface area contributed by atoms with E-state index in [1.807, 2.05) is 0 Å². The quantitative estimate of drug-likeness (QED) is 0.301. The van der Waals surface area contributed by atoms with Gasteiger partial charge in [-0.1, -0.05) is 31.5 Å². The first-order chi connectivity index (χ1) is 15.9. The first-order valence-electron chi connectivity index (χ1n) is 10.6. The first-order valence-corrected chi connectivity index (χ1v) is 11.0. The second kappa shape index (κ2) is 9.46. The van der Waals surface area contributed by atoms with Crippen LogP contribution in [0.2, 0.25) is 5.02 Å². The molecule has 33 heavy (non-hydrogen) atoms. The Morgan fingerprint density at radius 2 is 1.76 bits per heavy atom. The second-order valence-corrected chi connectivity index (χ2v) is 8.57. The SMILES string of the molecule is CC(C)COc1ccc(/C(O)=C2/C(=O)C(=O)N(c3ccc(Cl)cc3)C2c2ccccn2)cc1. The van der Waals surface area contributed by atoms with Crippen molar-refractivity contribution in [3.05, 3.63) is 94.8 Å². The molecule has 2 heterocycles. The third-order valence-electron chi connectivity index (χ3n) is 5.23. The Labute approximate surface area is 197 Å². The summed E-state index contributed by atoms with van der Waals surface area (Å²) in [5.41, 5.74) is 1.32. The predicted molar refractivity (Wildman–Crippen MR) is 127 cm³/mol. The number of hydrogen-bond donors (Lipinski definition) is 1. The van der Waals surface area contributed by atoms with Crippen LogP contribution in [0.1, 0.15) is 31.1 Å². The maximum atomic E-state index is 13.1. The number of rotatable bonds is 6. The largest absolute Gasteiger partial charge is 0.507 e. The number of ether oxygens (including phenoxy) is 1. The highest BCUT2D eigenvalue weighted by Crippen LogP contribution is 2.41. The Hall–Kier alpha value is -3.64. The number of amides is 1. The zero-order valence-electron chi connectivity index (χ0n) is 18.2. The normalized spacial score (nSPS) is 17.6. The third-order valence-corrected chi connectivity index (χ3v) is 5.48. The van der Waals surface area contributed by atoms with Gasteiger partial charge in [-0.3, -0.25) is 19.5 Å². The van der Waals surface area contributed by atoms with E-state index in [1.165, 1.54) is 4.90 Å². The minimum absolute atomic E-state index is 0.0236. The molecule has 2 aromatic carbocycles. The summed E-state index contributed by atoms with van der Waals surface area (Å²) in [4.78, 5) is 31.9. The molecule has 3 aromatic rings. The van der Waals surface area contributed by atoms with Gasteiger partial charge in [0.1, 0.15) is 17.6 Å². The van der Waals surface area contributed by atoms with E-state index in [0.29, 0.717) is 40.2 Å². The number of halogens is 1. The predicted octanol–water partition coefficient (Wildman–Crippen LogP) is 5.40. The molecule has 168 valence electrons. The number of aliphatic hydroxyl groups is 1. The fourth-order valence-electron chi connectivity index (χ4n) is 3.65. The Bertz CT molecular complexity index is 1190. The van der Waals surface area contributed by atoms with Gasteiger partial charge in [0, 0.05) is 22.5 Å². The molecule has 0 aliphatic carbocycles. The molecule has 1 N–H and O–H groups in total. The van der Waals surface area contributed by atoms with Crippen LogP contribution in [-0.2, 0) is 9.59 Å². The van der Waals surface area contributed by atoms with Crippen LogP contribution in [0, 0.1) is 5.92 Å². The van der Waals surface area contributed by atoms with Crippen LogP contribution in [0.5, 0.6) is 5.75 Å². The van der Waals surface area contributed by atoms with Crippen molar-refractivity contribution >= 4 is 34.7 Å². The minimum Gasteiger partial charge on any atom is -0.507 e. The molecule has 4 rings (SSSR count). The van der Waals surface area contributed by atoms with Crippen molar-refractivity contribution in [1.82, 2.24) is 4.98 Å². The van der Waals surface area contributed by atoms with Crippen molar-refractivity contribution in [3.63, 3.8) is 0 Å². The molecule has 6 nitrogen and oxygen atoms in total. The lowest BCUT2D eigenvalue weighted by Gasteiger charge is -2.24. The standard InChI is InChI=1S/C26H23ClN2O4/c1-16(2)15-33-20-12-6-17(7-13-20)24(30)22-23(21-5-3-4-14-28-21)29(26(32)25(22)31)19-10-8-18(27)9-11-19/h3-14,16,23,30H,15H2,1-2H3/b24-22-. The average Bonchev–Trinajstić information content (AvgIpc) is 3.09. The monoisotopic (exact) mass is 462 g/mol. The molecule has 7 heteroatoms. The van der Waals surface area contributed by atoms with E-state index >= 15 is 0 Å². The highest BCUT2D eigenvalue weighted by Gasteiger charge is 2.47. The number of hydrogen-bond acceptors (Lipinski definition) is 5. The van der Waals surface area contributed by atoms with E-state index in [0.717, 1.165) is 0 Å². The molecule has 0 radical (unpaired) electrons. The summed E-state index contributed by atoms with van der Waals surface area (Å²) in [6.45, 7) is 4.67. The van der Waals surface area contributed by atoms with Gasteiger partial charge in [0.15, 0.2) is 0 Å². The van der Waals surface area contributed by atoms with Gasteiger partial charge < -0.3 is 9.84 Å². The smallest absolute Gasteiger partial charge is 0.300 e. The highest BCUT2D eigenvalue weighted by molar-refractivity contribution is 6.51. The zero-order valence-corrected chi connectivity index (χ0v) is 19.0. The summed E-state index contributed by atoms with van der Waals surface area (Å²) < 4.78 is 5.69. The molecule has 1 aromatic heterocycles. The summed E-state index contributed by atoms with van der Waals surface area (Å²) in [7, 11) is 0. The lowest BCUT2D eigenvalue weighted by molar-refractivity contribution is -0.132. The maximum absolute atomic E-state index is 13.1. The number of ketones is 1. The molecule has 1 amide bonds. The number of anilines is 1. The van der Waals surface area contributed by atoms with Crippen molar-refractivity contribution in [2.24, 2.45) is 5.92 Å². The number of aliphatic hydroxyl groups excluding tert-OH is 1. The molecule has 0 saturated carbocycles. The molecule has 1 unspecified atom stereocenters. The van der Waals surface area contributed by atoms with Crippen molar-refractivity contribution in [2.45, 2.75) is 19.9 Å². The van der Waals surface area contributed by atoms with Gasteiger partial charge in [0.25, 0.3) is 11.7 Å². The molecule has 1 saturated heterocycles. The van der Waals surface area contributed by atoms with E-state index in [-0.39, 0.29) is 11.3 Å². The summed E-state index contributed by atoms with van der Waals surface area (Å²) in [6, 6.07) is 17.7. The topological polar surface area (TPSA) is 79.7 Å². The Balaban J connectivity index is 1.79. The van der Waals surface area contributed by atoms with Gasteiger partial charge in [-0.2, -0.15) is 0 Å². The second-order valence-electron chi connectivity index (χ2n) is 8.13. The number of carbonyl (C=O) groups excluding carboxylic acids is 2. The van der Waals surface area contributed by atoms with Gasteiger partial charge in [-0.05, 0) is 66.6 Å². The summed E-state index contributed by atoms with van der Waals surface area (Å²) in [6.07, 6.45) is 1.58. The van der Waals surface area contributed by atoms with Crippen LogP contribution < -0.4 is 9.64 Å². The van der Waals surface area contributed by atoms with Gasteiger partial charge in [0.05, 0.1) is 17.9 Å². The third kappa shape index (κ3) is 4.61. The van der Waals surface area contributed by atoms with E-state index in [1.54, 1.807) is 72.9 Å². The summed E-state index contributed by atoms with van der Waals surface area (Å²) in [5.74, 6) is -0.760. The lowest BCUT2D eigenvalue weighted by Crippen LogP contribution is -2.29. The molecule has 1 fully saturated rings. The molecular weight excluding hydrogens is 440 g/mol. The van der Waals surface area contributed by atoms with Crippen LogP contribution in [0.25, 0.3) is 5.76 Å².